The molecule has 8 heteroatoms. The summed E-state index contributed by atoms with van der Waals surface area (Å²) in [6.45, 7) is 0. The third kappa shape index (κ3) is 3.00. The first-order valence-electron chi connectivity index (χ1n) is 5.40. The van der Waals surface area contributed by atoms with Crippen LogP contribution in [0.5, 0.6) is 5.75 Å². The van der Waals surface area contributed by atoms with E-state index in [-0.39, 0.29) is 21.4 Å². The molecule has 0 bridgehead atoms. The summed E-state index contributed by atoms with van der Waals surface area (Å²) in [6.07, 6.45) is 2.50. The van der Waals surface area contributed by atoms with E-state index in [1.165, 1.54) is 25.4 Å². The van der Waals surface area contributed by atoms with Crippen molar-refractivity contribution in [3.8, 4) is 5.75 Å². The van der Waals surface area contributed by atoms with Crippen molar-refractivity contribution in [3.05, 3.63) is 47.5 Å². The van der Waals surface area contributed by atoms with Gasteiger partial charge >= 0.3 is 0 Å². The third-order valence-corrected chi connectivity index (χ3v) is 4.27. The second-order valence-electron chi connectivity index (χ2n) is 3.76. The predicted molar refractivity (Wildman–Crippen MR) is 73.0 cm³/mol. The molecule has 0 fully saturated rings. The number of sulfonamides is 1. The first-order chi connectivity index (χ1) is 9.44. The number of anilines is 1. The third-order valence-electron chi connectivity index (χ3n) is 2.43. The molecule has 0 amide bonds. The Morgan fingerprint density at radius 1 is 1.35 bits per heavy atom. The lowest BCUT2D eigenvalue weighted by Gasteiger charge is -2.12. The molecule has 106 valence electrons. The molecule has 1 heterocycles. The van der Waals surface area contributed by atoms with Crippen LogP contribution in [0.25, 0.3) is 0 Å². The van der Waals surface area contributed by atoms with Gasteiger partial charge in [0.25, 0.3) is 10.0 Å². The number of halogens is 2. The van der Waals surface area contributed by atoms with Crippen LogP contribution >= 0.6 is 11.6 Å². The van der Waals surface area contributed by atoms with Crippen molar-refractivity contribution in [1.82, 2.24) is 4.98 Å². The minimum absolute atomic E-state index is 0.0357. The zero-order valence-electron chi connectivity index (χ0n) is 10.3. The lowest BCUT2D eigenvalue weighted by atomic mass is 10.3. The Balaban J connectivity index is 2.41. The van der Waals surface area contributed by atoms with E-state index >= 15 is 0 Å². The van der Waals surface area contributed by atoms with Gasteiger partial charge in [-0.25, -0.2) is 12.8 Å². The Kier molecular flexibility index (Phi) is 4.10. The number of ether oxygens (including phenoxy) is 1. The van der Waals surface area contributed by atoms with Crippen LogP contribution < -0.4 is 9.46 Å². The Morgan fingerprint density at radius 3 is 2.75 bits per heavy atom. The Labute approximate surface area is 120 Å². The van der Waals surface area contributed by atoms with Crippen LogP contribution in [0, 0.1) is 5.82 Å². The molecule has 0 aliphatic carbocycles. The Morgan fingerprint density at radius 2 is 2.10 bits per heavy atom. The molecule has 0 radical (unpaired) electrons. The maximum absolute atomic E-state index is 13.1. The summed E-state index contributed by atoms with van der Waals surface area (Å²) in [7, 11) is -2.63. The van der Waals surface area contributed by atoms with Gasteiger partial charge in [-0.1, -0.05) is 11.6 Å². The quantitative estimate of drug-likeness (QED) is 0.941. The highest BCUT2D eigenvalue weighted by molar-refractivity contribution is 7.92. The van der Waals surface area contributed by atoms with E-state index in [1.807, 2.05) is 0 Å². The van der Waals surface area contributed by atoms with Gasteiger partial charge in [0.15, 0.2) is 0 Å². The minimum atomic E-state index is -3.94. The highest BCUT2D eigenvalue weighted by Crippen LogP contribution is 2.29. The van der Waals surface area contributed by atoms with Crippen LogP contribution in [-0.2, 0) is 10.0 Å². The zero-order valence-corrected chi connectivity index (χ0v) is 11.9. The van der Waals surface area contributed by atoms with Crippen molar-refractivity contribution >= 4 is 27.3 Å². The van der Waals surface area contributed by atoms with Gasteiger partial charge in [-0.2, -0.15) is 0 Å². The number of hydrogen-bond acceptors (Lipinski definition) is 4. The van der Waals surface area contributed by atoms with Gasteiger partial charge in [-0.15, -0.1) is 0 Å². The van der Waals surface area contributed by atoms with E-state index in [0.29, 0.717) is 0 Å². The molecule has 5 nitrogen and oxygen atoms in total. The summed E-state index contributed by atoms with van der Waals surface area (Å²) >= 11 is 5.82. The molecule has 0 atom stereocenters. The van der Waals surface area contributed by atoms with Crippen LogP contribution in [0.15, 0.2) is 41.6 Å². The number of nitrogens with one attached hydrogen (secondary N) is 1. The molecule has 20 heavy (non-hydrogen) atoms. The molecule has 0 saturated carbocycles. The molecule has 1 N–H and O–H groups in total. The number of nitrogens with zero attached hydrogens (tertiary/aromatic N) is 1. The highest BCUT2D eigenvalue weighted by atomic mass is 35.5. The zero-order chi connectivity index (χ0) is 14.8. The highest BCUT2D eigenvalue weighted by Gasteiger charge is 2.20. The van der Waals surface area contributed by atoms with Crippen LogP contribution in [0.2, 0.25) is 5.02 Å². The molecular formula is C12H10ClFN2O3S. The van der Waals surface area contributed by atoms with Gasteiger partial charge in [-0.3, -0.25) is 9.71 Å². The van der Waals surface area contributed by atoms with Crippen LogP contribution in [0.1, 0.15) is 0 Å². The van der Waals surface area contributed by atoms with Crippen molar-refractivity contribution in [2.75, 3.05) is 11.8 Å². The molecule has 0 aliphatic heterocycles. The summed E-state index contributed by atoms with van der Waals surface area (Å²) in [4.78, 5) is 3.54. The van der Waals surface area contributed by atoms with Gasteiger partial charge in [0.05, 0.1) is 17.8 Å². The molecule has 2 rings (SSSR count). The fourth-order valence-electron chi connectivity index (χ4n) is 1.51. The predicted octanol–water partition coefficient (Wildman–Crippen LogP) is 2.68. The summed E-state index contributed by atoms with van der Waals surface area (Å²) in [5, 5.41) is 0.0357. The van der Waals surface area contributed by atoms with Gasteiger partial charge in [0, 0.05) is 18.5 Å². The van der Waals surface area contributed by atoms with E-state index in [4.69, 9.17) is 16.3 Å². The summed E-state index contributed by atoms with van der Waals surface area (Å²) in [5.74, 6) is -0.474. The van der Waals surface area contributed by atoms with Crippen molar-refractivity contribution in [1.29, 1.82) is 0 Å². The monoisotopic (exact) mass is 316 g/mol. The van der Waals surface area contributed by atoms with Crippen LogP contribution in [-0.4, -0.2) is 20.5 Å². The van der Waals surface area contributed by atoms with E-state index in [1.54, 1.807) is 0 Å². The Bertz CT molecular complexity index is 737. The van der Waals surface area contributed by atoms with E-state index < -0.39 is 15.8 Å². The standard InChI is InChI=1S/C12H10ClFN2O3S/c1-19-11-6-8(14)2-3-10(11)16-20(17,18)12-7-15-5-4-9(12)13/h2-7,16H,1H3. The number of aromatic nitrogens is 1. The molecule has 1 aromatic carbocycles. The average molecular weight is 317 g/mol. The van der Waals surface area contributed by atoms with E-state index in [2.05, 4.69) is 9.71 Å². The van der Waals surface area contributed by atoms with Crippen LogP contribution in [0.3, 0.4) is 0 Å². The van der Waals surface area contributed by atoms with Gasteiger partial charge in [-0.05, 0) is 18.2 Å². The maximum Gasteiger partial charge on any atom is 0.265 e. The normalized spacial score (nSPS) is 11.2. The molecule has 0 spiro atoms. The fourth-order valence-corrected chi connectivity index (χ4v) is 3.01. The van der Waals surface area contributed by atoms with Gasteiger partial charge < -0.3 is 4.74 Å². The van der Waals surface area contributed by atoms with Gasteiger partial charge in [0.2, 0.25) is 0 Å². The number of pyridine rings is 1. The van der Waals surface area contributed by atoms with E-state index in [0.717, 1.165) is 18.3 Å². The molecular weight excluding hydrogens is 307 g/mol. The maximum atomic E-state index is 13.1. The second kappa shape index (κ2) is 5.64. The molecule has 1 aromatic heterocycles. The van der Waals surface area contributed by atoms with Crippen LogP contribution in [0.4, 0.5) is 10.1 Å². The number of benzene rings is 1. The van der Waals surface area contributed by atoms with Crippen molar-refractivity contribution in [2.45, 2.75) is 4.90 Å². The lowest BCUT2D eigenvalue weighted by molar-refractivity contribution is 0.413. The van der Waals surface area contributed by atoms with Crippen molar-refractivity contribution in [2.24, 2.45) is 0 Å². The summed E-state index contributed by atoms with van der Waals surface area (Å²) in [6, 6.07) is 4.81. The molecule has 2 aromatic rings. The van der Waals surface area contributed by atoms with Crippen molar-refractivity contribution < 1.29 is 17.5 Å². The summed E-state index contributed by atoms with van der Waals surface area (Å²) in [5.41, 5.74) is 0.105. The van der Waals surface area contributed by atoms with E-state index in [9.17, 15) is 12.8 Å². The number of hydrogen-bond donors (Lipinski definition) is 1. The molecule has 0 unspecified atom stereocenters. The second-order valence-corrected chi connectivity index (χ2v) is 5.81. The SMILES string of the molecule is COc1cc(F)ccc1NS(=O)(=O)c1cnccc1Cl. The average Bonchev–Trinajstić information content (AvgIpc) is 2.41. The summed E-state index contributed by atoms with van der Waals surface area (Å²) < 4.78 is 44.6. The number of methoxy groups -OCH3 is 1. The first kappa shape index (κ1) is 14.5. The fraction of sp³-hybridized carbons (Fsp3) is 0.0833. The smallest absolute Gasteiger partial charge is 0.265 e. The topological polar surface area (TPSA) is 68.3 Å². The molecule has 0 saturated heterocycles. The Hall–Kier alpha value is -1.86. The molecule has 0 aliphatic rings. The minimum Gasteiger partial charge on any atom is -0.494 e. The number of rotatable bonds is 4. The van der Waals surface area contributed by atoms with Gasteiger partial charge in [0.1, 0.15) is 16.5 Å². The largest absolute Gasteiger partial charge is 0.494 e. The van der Waals surface area contributed by atoms with Crippen molar-refractivity contribution in [3.63, 3.8) is 0 Å². The first-order valence-corrected chi connectivity index (χ1v) is 7.26. The lowest BCUT2D eigenvalue weighted by Crippen LogP contribution is -2.14.